The Morgan fingerprint density at radius 2 is 2.06 bits per heavy atom. The van der Waals surface area contributed by atoms with E-state index in [1.54, 1.807) is 31.5 Å². The second-order valence-electron chi connectivity index (χ2n) is 7.91. The van der Waals surface area contributed by atoms with Gasteiger partial charge in [-0.25, -0.2) is 14.4 Å². The molecular formula is C23H26FN5O2S. The zero-order valence-corrected chi connectivity index (χ0v) is 19.2. The lowest BCUT2D eigenvalue weighted by Gasteiger charge is -2.40. The molecule has 3 aromatic rings. The third kappa shape index (κ3) is 4.72. The van der Waals surface area contributed by atoms with Crippen molar-refractivity contribution < 1.29 is 13.9 Å². The number of hydrogen-bond donors (Lipinski definition) is 1. The number of thiazole rings is 1. The van der Waals surface area contributed by atoms with Crippen LogP contribution in [0.2, 0.25) is 0 Å². The average molecular weight is 456 g/mol. The van der Waals surface area contributed by atoms with E-state index >= 15 is 0 Å². The Labute approximate surface area is 190 Å². The molecule has 1 aliphatic rings. The van der Waals surface area contributed by atoms with Crippen molar-refractivity contribution in [2.75, 3.05) is 25.5 Å². The first-order chi connectivity index (χ1) is 15.5. The largest absolute Gasteiger partial charge is 0.481 e. The maximum Gasteiger partial charge on any atom is 0.266 e. The van der Waals surface area contributed by atoms with Gasteiger partial charge in [-0.05, 0) is 49.9 Å². The Bertz CT molecular complexity index is 1090. The molecule has 1 N–H and O–H groups in total. The van der Waals surface area contributed by atoms with Gasteiger partial charge in [0, 0.05) is 30.9 Å². The van der Waals surface area contributed by atoms with Crippen molar-refractivity contribution in [3.8, 4) is 17.1 Å². The molecule has 9 heteroatoms. The van der Waals surface area contributed by atoms with Gasteiger partial charge in [0.15, 0.2) is 0 Å². The molecule has 0 spiro atoms. The monoisotopic (exact) mass is 455 g/mol. The standard InChI is InChI=1S/C23H26FN5O2S/c1-14-5-4-12-29(18(14)13-26-23-25-11-10-19(28-23)31-3)22(30)21-20(27-15(2)32-21)16-6-8-17(24)9-7-16/h6-11,14,18H,4-5,12-13H2,1-3H3,(H,25,26,28). The van der Waals surface area contributed by atoms with E-state index in [-0.39, 0.29) is 17.8 Å². The normalized spacial score (nSPS) is 18.4. The lowest BCUT2D eigenvalue weighted by Crippen LogP contribution is -2.51. The summed E-state index contributed by atoms with van der Waals surface area (Å²) in [4.78, 5) is 29.3. The van der Waals surface area contributed by atoms with Crippen LogP contribution in [0.15, 0.2) is 36.5 Å². The van der Waals surface area contributed by atoms with Crippen LogP contribution < -0.4 is 10.1 Å². The summed E-state index contributed by atoms with van der Waals surface area (Å²) >= 11 is 1.38. The number of aryl methyl sites for hydroxylation is 1. The highest BCUT2D eigenvalue weighted by Crippen LogP contribution is 2.32. The number of anilines is 1. The minimum absolute atomic E-state index is 0.0190. The summed E-state index contributed by atoms with van der Waals surface area (Å²) in [6.45, 7) is 5.25. The lowest BCUT2D eigenvalue weighted by molar-refractivity contribution is 0.0545. The van der Waals surface area contributed by atoms with Crippen molar-refractivity contribution in [1.82, 2.24) is 19.9 Å². The molecule has 7 nitrogen and oxygen atoms in total. The lowest BCUT2D eigenvalue weighted by atomic mass is 9.90. The first-order valence-corrected chi connectivity index (χ1v) is 11.4. The summed E-state index contributed by atoms with van der Waals surface area (Å²) in [6, 6.07) is 7.78. The minimum Gasteiger partial charge on any atom is -0.481 e. The van der Waals surface area contributed by atoms with Gasteiger partial charge in [0.25, 0.3) is 5.91 Å². The molecule has 0 bridgehead atoms. The predicted octanol–water partition coefficient (Wildman–Crippen LogP) is 4.41. The number of methoxy groups -OCH3 is 1. The molecule has 0 radical (unpaired) electrons. The van der Waals surface area contributed by atoms with Gasteiger partial charge in [0.05, 0.1) is 23.9 Å². The van der Waals surface area contributed by atoms with Crippen LogP contribution >= 0.6 is 11.3 Å². The third-order valence-electron chi connectivity index (χ3n) is 5.73. The number of nitrogens with zero attached hydrogens (tertiary/aromatic N) is 4. The van der Waals surface area contributed by atoms with Crippen LogP contribution in [0.3, 0.4) is 0 Å². The number of ether oxygens (including phenoxy) is 1. The SMILES string of the molecule is COc1ccnc(NCC2C(C)CCCN2C(=O)c2sc(C)nc2-c2ccc(F)cc2)n1. The van der Waals surface area contributed by atoms with Crippen LogP contribution in [0.4, 0.5) is 10.3 Å². The van der Waals surface area contributed by atoms with Crippen LogP contribution in [0.1, 0.15) is 34.4 Å². The number of likely N-dealkylation sites (tertiary alicyclic amines) is 1. The second kappa shape index (κ2) is 9.60. The molecule has 0 aliphatic carbocycles. The minimum atomic E-state index is -0.315. The summed E-state index contributed by atoms with van der Waals surface area (Å²) in [5.41, 5.74) is 1.35. The van der Waals surface area contributed by atoms with Gasteiger partial charge in [0.2, 0.25) is 11.8 Å². The number of carbonyl (C=O) groups excluding carboxylic acids is 1. The highest BCUT2D eigenvalue weighted by atomic mass is 32.1. The van der Waals surface area contributed by atoms with Crippen molar-refractivity contribution in [1.29, 1.82) is 0 Å². The smallest absolute Gasteiger partial charge is 0.266 e. The fourth-order valence-electron chi connectivity index (χ4n) is 4.06. The van der Waals surface area contributed by atoms with E-state index in [0.717, 1.165) is 23.4 Å². The van der Waals surface area contributed by atoms with Gasteiger partial charge in [-0.15, -0.1) is 11.3 Å². The Morgan fingerprint density at radius 1 is 1.28 bits per heavy atom. The van der Waals surface area contributed by atoms with E-state index in [9.17, 15) is 9.18 Å². The quantitative estimate of drug-likeness (QED) is 0.593. The van der Waals surface area contributed by atoms with Crippen molar-refractivity contribution in [2.24, 2.45) is 5.92 Å². The first kappa shape index (κ1) is 22.1. The van der Waals surface area contributed by atoms with E-state index in [1.165, 1.54) is 23.5 Å². The van der Waals surface area contributed by atoms with Crippen LogP contribution in [0.5, 0.6) is 5.88 Å². The first-order valence-electron chi connectivity index (χ1n) is 10.6. The van der Waals surface area contributed by atoms with Crippen LogP contribution in [-0.4, -0.2) is 52.0 Å². The molecule has 168 valence electrons. The Morgan fingerprint density at radius 3 is 2.81 bits per heavy atom. The zero-order valence-electron chi connectivity index (χ0n) is 18.3. The molecule has 2 aromatic heterocycles. The van der Waals surface area contributed by atoms with Crippen molar-refractivity contribution in [3.63, 3.8) is 0 Å². The van der Waals surface area contributed by atoms with Gasteiger partial charge in [-0.2, -0.15) is 4.98 Å². The highest BCUT2D eigenvalue weighted by Gasteiger charge is 2.34. The molecule has 3 heterocycles. The number of rotatable bonds is 6. The number of piperidine rings is 1. The topological polar surface area (TPSA) is 80.2 Å². The van der Waals surface area contributed by atoms with Crippen molar-refractivity contribution >= 4 is 23.2 Å². The molecule has 2 unspecified atom stereocenters. The summed E-state index contributed by atoms with van der Waals surface area (Å²) < 4.78 is 18.6. The Kier molecular flexibility index (Phi) is 6.64. The third-order valence-corrected chi connectivity index (χ3v) is 6.69. The maximum absolute atomic E-state index is 13.7. The molecule has 2 atom stereocenters. The molecule has 1 aliphatic heterocycles. The molecule has 1 amide bonds. The van der Waals surface area contributed by atoms with E-state index in [0.29, 0.717) is 41.4 Å². The summed E-state index contributed by atoms with van der Waals surface area (Å²) in [6.07, 6.45) is 3.63. The van der Waals surface area contributed by atoms with E-state index in [1.807, 2.05) is 11.8 Å². The molecule has 4 rings (SSSR count). The number of carbonyl (C=O) groups is 1. The molecule has 0 saturated carbocycles. The number of benzene rings is 1. The number of hydrogen-bond acceptors (Lipinski definition) is 7. The fourth-order valence-corrected chi connectivity index (χ4v) is 4.95. The molecular weight excluding hydrogens is 429 g/mol. The molecule has 1 aromatic carbocycles. The second-order valence-corrected chi connectivity index (χ2v) is 9.11. The van der Waals surface area contributed by atoms with Gasteiger partial charge >= 0.3 is 0 Å². The summed E-state index contributed by atoms with van der Waals surface area (Å²) in [5, 5.41) is 4.07. The average Bonchev–Trinajstić information content (AvgIpc) is 3.20. The van der Waals surface area contributed by atoms with Crippen molar-refractivity contribution in [3.05, 3.63) is 52.2 Å². The molecule has 32 heavy (non-hydrogen) atoms. The van der Waals surface area contributed by atoms with Gasteiger partial charge in [-0.3, -0.25) is 4.79 Å². The number of amides is 1. The van der Waals surface area contributed by atoms with Crippen LogP contribution in [0, 0.1) is 18.7 Å². The molecule has 1 fully saturated rings. The van der Waals surface area contributed by atoms with Gasteiger partial charge in [-0.1, -0.05) is 6.92 Å². The summed E-state index contributed by atoms with van der Waals surface area (Å²) in [5.74, 6) is 0.907. The van der Waals surface area contributed by atoms with Crippen LogP contribution in [-0.2, 0) is 0 Å². The Balaban J connectivity index is 1.58. The fraction of sp³-hybridized carbons (Fsp3) is 0.391. The van der Waals surface area contributed by atoms with E-state index in [4.69, 9.17) is 4.74 Å². The highest BCUT2D eigenvalue weighted by molar-refractivity contribution is 7.14. The number of halogens is 1. The van der Waals surface area contributed by atoms with E-state index < -0.39 is 0 Å². The number of nitrogens with one attached hydrogen (secondary N) is 1. The van der Waals surface area contributed by atoms with Crippen molar-refractivity contribution in [2.45, 2.75) is 32.7 Å². The summed E-state index contributed by atoms with van der Waals surface area (Å²) in [7, 11) is 1.56. The van der Waals surface area contributed by atoms with Crippen LogP contribution in [0.25, 0.3) is 11.3 Å². The van der Waals surface area contributed by atoms with Gasteiger partial charge < -0.3 is 15.0 Å². The predicted molar refractivity (Wildman–Crippen MR) is 123 cm³/mol. The zero-order chi connectivity index (χ0) is 22.7. The maximum atomic E-state index is 13.7. The number of aromatic nitrogens is 3. The van der Waals surface area contributed by atoms with E-state index in [2.05, 4.69) is 27.2 Å². The Hall–Kier alpha value is -3.07. The van der Waals surface area contributed by atoms with Gasteiger partial charge in [0.1, 0.15) is 10.7 Å². The molecule has 1 saturated heterocycles.